The summed E-state index contributed by atoms with van der Waals surface area (Å²) in [6.45, 7) is 6.95. The van der Waals surface area contributed by atoms with Crippen LogP contribution in [-0.4, -0.2) is 68.5 Å². The highest BCUT2D eigenvalue weighted by atomic mass is 31.2. The molecule has 0 saturated carbocycles. The molecule has 0 aromatic heterocycles. The number of phosphoric ester groups is 1. The van der Waals surface area contributed by atoms with E-state index >= 15 is 0 Å². The maximum Gasteiger partial charge on any atom is 0.268 e. The van der Waals surface area contributed by atoms with Crippen LogP contribution in [0.3, 0.4) is 0 Å². The fourth-order valence-corrected chi connectivity index (χ4v) is 6.76. The highest BCUT2D eigenvalue weighted by Crippen LogP contribution is 2.38. The van der Waals surface area contributed by atoms with E-state index in [2.05, 4.69) is 26.1 Å². The van der Waals surface area contributed by atoms with E-state index in [-0.39, 0.29) is 19.1 Å². The molecule has 0 rings (SSSR count). The van der Waals surface area contributed by atoms with Gasteiger partial charge in [0.2, 0.25) is 5.91 Å². The lowest BCUT2D eigenvalue weighted by molar-refractivity contribution is -0.870. The maximum atomic E-state index is 12.8. The van der Waals surface area contributed by atoms with Crippen molar-refractivity contribution in [3.63, 3.8) is 0 Å². The summed E-state index contributed by atoms with van der Waals surface area (Å²) in [6, 6.07) is -0.880. The molecule has 0 saturated heterocycles. The van der Waals surface area contributed by atoms with Crippen molar-refractivity contribution in [1.29, 1.82) is 0 Å². The number of amides is 1. The van der Waals surface area contributed by atoms with Gasteiger partial charge in [-0.2, -0.15) is 0 Å². The summed E-state index contributed by atoms with van der Waals surface area (Å²) in [4.78, 5) is 25.2. The summed E-state index contributed by atoms with van der Waals surface area (Å²) in [5.41, 5.74) is 0. The van der Waals surface area contributed by atoms with Gasteiger partial charge in [-0.15, -0.1) is 0 Å². The quantitative estimate of drug-likeness (QED) is 0.0285. The van der Waals surface area contributed by atoms with Crippen LogP contribution in [0.15, 0.2) is 12.2 Å². The minimum atomic E-state index is -4.58. The van der Waals surface area contributed by atoms with Gasteiger partial charge in [0, 0.05) is 6.42 Å². The van der Waals surface area contributed by atoms with Crippen LogP contribution in [0.4, 0.5) is 0 Å². The van der Waals surface area contributed by atoms with Crippen LogP contribution in [0.5, 0.6) is 0 Å². The lowest BCUT2D eigenvalue weighted by Gasteiger charge is -2.29. The van der Waals surface area contributed by atoms with Crippen molar-refractivity contribution in [2.24, 2.45) is 5.92 Å². The smallest absolute Gasteiger partial charge is 0.268 e. The molecule has 9 heteroatoms. The molecule has 0 bridgehead atoms. The van der Waals surface area contributed by atoms with Crippen LogP contribution >= 0.6 is 7.82 Å². The third-order valence-electron chi connectivity index (χ3n) is 9.43. The summed E-state index contributed by atoms with van der Waals surface area (Å²) in [6.07, 6.45) is 34.0. The van der Waals surface area contributed by atoms with Gasteiger partial charge in [0.1, 0.15) is 13.2 Å². The van der Waals surface area contributed by atoms with Crippen LogP contribution in [0.1, 0.15) is 188 Å². The SMILES string of the molecule is CCCCCCCCCCCCCCCCCCC(=O)N[C@@H](COP(=O)([O-])OCC[N+](C)(C)C)[C@H](O)/C=C/CCCCCCCCCC(C)C. The van der Waals surface area contributed by atoms with Crippen molar-refractivity contribution in [2.75, 3.05) is 40.9 Å². The molecular weight excluding hydrogens is 647 g/mol. The molecule has 0 radical (unpaired) electrons. The zero-order valence-corrected chi connectivity index (χ0v) is 34.7. The van der Waals surface area contributed by atoms with Crippen molar-refractivity contribution in [3.05, 3.63) is 12.2 Å². The van der Waals surface area contributed by atoms with Gasteiger partial charge in [-0.1, -0.05) is 174 Å². The van der Waals surface area contributed by atoms with Gasteiger partial charge in [0.25, 0.3) is 7.82 Å². The largest absolute Gasteiger partial charge is 0.756 e. The minimum Gasteiger partial charge on any atom is -0.756 e. The van der Waals surface area contributed by atoms with Crippen LogP contribution in [0.25, 0.3) is 0 Å². The molecular formula is C41H83N2O6P. The van der Waals surface area contributed by atoms with Crippen molar-refractivity contribution in [2.45, 2.75) is 200 Å². The topological polar surface area (TPSA) is 108 Å². The molecule has 8 nitrogen and oxygen atoms in total. The average molecular weight is 731 g/mol. The van der Waals surface area contributed by atoms with E-state index in [9.17, 15) is 19.4 Å². The van der Waals surface area contributed by atoms with E-state index in [1.807, 2.05) is 27.2 Å². The van der Waals surface area contributed by atoms with Crippen molar-refractivity contribution >= 4 is 13.7 Å². The summed E-state index contributed by atoms with van der Waals surface area (Å²) < 4.78 is 23.1. The molecule has 50 heavy (non-hydrogen) atoms. The Labute approximate surface area is 310 Å². The summed E-state index contributed by atoms with van der Waals surface area (Å²) >= 11 is 0. The highest BCUT2D eigenvalue weighted by Gasteiger charge is 2.23. The first-order valence-corrected chi connectivity index (χ1v) is 22.4. The van der Waals surface area contributed by atoms with Gasteiger partial charge < -0.3 is 28.8 Å². The number of aliphatic hydroxyl groups is 1. The molecule has 0 spiro atoms. The van der Waals surface area contributed by atoms with Gasteiger partial charge in [0.05, 0.1) is 39.9 Å². The fourth-order valence-electron chi connectivity index (χ4n) is 6.04. The van der Waals surface area contributed by atoms with Crippen LogP contribution < -0.4 is 10.2 Å². The zero-order chi connectivity index (χ0) is 37.4. The Morgan fingerprint density at radius 3 is 1.68 bits per heavy atom. The number of hydrogen-bond acceptors (Lipinski definition) is 6. The standard InChI is InChI=1S/C41H83N2O6P/c1-7-8-9-10-11-12-13-14-15-16-17-18-22-25-28-31-34-41(45)42-39(37-49-50(46,47)48-36-35-43(4,5)6)40(44)33-30-27-24-21-19-20-23-26-29-32-38(2)3/h30,33,38-40,44H,7-29,31-32,34-37H2,1-6H3,(H-,42,45,46,47)/b33-30+/t39-,40+/m0/s1. The number of aliphatic hydroxyl groups excluding tert-OH is 1. The number of carbonyl (C=O) groups is 1. The third-order valence-corrected chi connectivity index (χ3v) is 10.4. The molecule has 0 aliphatic heterocycles. The molecule has 2 N–H and O–H groups in total. The number of allylic oxidation sites excluding steroid dienone is 1. The highest BCUT2D eigenvalue weighted by molar-refractivity contribution is 7.45. The Balaban J connectivity index is 4.43. The Hall–Kier alpha value is -0.760. The molecule has 0 aliphatic rings. The predicted octanol–water partition coefficient (Wildman–Crippen LogP) is 10.4. The van der Waals surface area contributed by atoms with Gasteiger partial charge in [0.15, 0.2) is 0 Å². The second-order valence-electron chi connectivity index (χ2n) is 16.2. The van der Waals surface area contributed by atoms with Crippen LogP contribution in [0.2, 0.25) is 0 Å². The summed E-state index contributed by atoms with van der Waals surface area (Å²) in [5.74, 6) is 0.591. The summed E-state index contributed by atoms with van der Waals surface area (Å²) in [5, 5.41) is 13.7. The molecule has 0 aliphatic carbocycles. The number of carbonyl (C=O) groups excluding carboxylic acids is 1. The molecule has 3 atom stereocenters. The van der Waals surface area contributed by atoms with Gasteiger partial charge in [-0.3, -0.25) is 9.36 Å². The van der Waals surface area contributed by atoms with Crippen molar-refractivity contribution in [1.82, 2.24) is 5.32 Å². The average Bonchev–Trinajstić information content (AvgIpc) is 3.04. The normalized spacial score (nSPS) is 14.7. The molecule has 0 heterocycles. The van der Waals surface area contributed by atoms with E-state index in [1.165, 1.54) is 122 Å². The number of likely N-dealkylation sites (N-methyl/N-ethyl adjacent to an activating group) is 1. The number of hydrogen-bond donors (Lipinski definition) is 2. The Morgan fingerprint density at radius 2 is 1.20 bits per heavy atom. The van der Waals surface area contributed by atoms with E-state index in [0.717, 1.165) is 44.4 Å². The first kappa shape index (κ1) is 49.2. The molecule has 0 fully saturated rings. The van der Waals surface area contributed by atoms with Gasteiger partial charge in [-0.05, 0) is 25.2 Å². The van der Waals surface area contributed by atoms with Gasteiger partial charge in [-0.25, -0.2) is 0 Å². The number of quaternary nitrogens is 1. The van der Waals surface area contributed by atoms with Crippen molar-refractivity contribution in [3.8, 4) is 0 Å². The summed E-state index contributed by atoms with van der Waals surface area (Å²) in [7, 11) is 1.26. The number of nitrogens with one attached hydrogen (secondary N) is 1. The molecule has 1 unspecified atom stereocenters. The van der Waals surface area contributed by atoms with Crippen LogP contribution in [-0.2, 0) is 18.4 Å². The number of rotatable bonds is 37. The Morgan fingerprint density at radius 1 is 0.740 bits per heavy atom. The number of phosphoric acid groups is 1. The second kappa shape index (κ2) is 32.9. The lowest BCUT2D eigenvalue weighted by atomic mass is 10.0. The Bertz CT molecular complexity index is 847. The van der Waals surface area contributed by atoms with E-state index < -0.39 is 20.0 Å². The molecule has 0 aromatic carbocycles. The third kappa shape index (κ3) is 35.6. The fraction of sp³-hybridized carbons (Fsp3) is 0.927. The minimum absolute atomic E-state index is 0.000952. The number of unbranched alkanes of at least 4 members (excludes halogenated alkanes) is 22. The monoisotopic (exact) mass is 731 g/mol. The molecule has 0 aromatic rings. The first-order valence-electron chi connectivity index (χ1n) is 20.9. The second-order valence-corrected chi connectivity index (χ2v) is 17.6. The lowest BCUT2D eigenvalue weighted by Crippen LogP contribution is -2.45. The van der Waals surface area contributed by atoms with Gasteiger partial charge >= 0.3 is 0 Å². The first-order chi connectivity index (χ1) is 23.9. The van der Waals surface area contributed by atoms with E-state index in [0.29, 0.717) is 17.4 Å². The number of nitrogens with zero attached hydrogens (tertiary/aromatic N) is 1. The predicted molar refractivity (Wildman–Crippen MR) is 210 cm³/mol. The zero-order valence-electron chi connectivity index (χ0n) is 33.8. The van der Waals surface area contributed by atoms with Crippen LogP contribution in [0, 0.1) is 5.92 Å². The van der Waals surface area contributed by atoms with E-state index in [1.54, 1.807) is 6.08 Å². The molecule has 1 amide bonds. The van der Waals surface area contributed by atoms with Crippen molar-refractivity contribution < 1.29 is 32.9 Å². The Kier molecular flexibility index (Phi) is 32.4. The maximum absolute atomic E-state index is 12.8. The van der Waals surface area contributed by atoms with E-state index in [4.69, 9.17) is 9.05 Å². The molecule has 298 valence electrons.